The van der Waals surface area contributed by atoms with Crippen LogP contribution in [0.15, 0.2) is 28.2 Å². The van der Waals surface area contributed by atoms with Crippen LogP contribution in [0.2, 0.25) is 0 Å². The van der Waals surface area contributed by atoms with Gasteiger partial charge in [0.15, 0.2) is 0 Å². The molecule has 0 saturated heterocycles. The summed E-state index contributed by atoms with van der Waals surface area (Å²) in [4.78, 5) is 10.5. The van der Waals surface area contributed by atoms with Gasteiger partial charge in [0.25, 0.3) is 0 Å². The first-order chi connectivity index (χ1) is 7.09. The van der Waals surface area contributed by atoms with E-state index in [-0.39, 0.29) is 0 Å². The summed E-state index contributed by atoms with van der Waals surface area (Å²) in [6.45, 7) is 4.59. The van der Waals surface area contributed by atoms with Gasteiger partial charge in [-0.05, 0) is 26.0 Å². The van der Waals surface area contributed by atoms with Gasteiger partial charge in [0.1, 0.15) is 11.5 Å². The lowest BCUT2D eigenvalue weighted by molar-refractivity contribution is -0.132. The normalized spacial score (nSPS) is 11.7. The number of rotatable bonds is 5. The van der Waals surface area contributed by atoms with Crippen LogP contribution < -0.4 is 5.32 Å². The monoisotopic (exact) mass is 209 g/mol. The maximum atomic E-state index is 10.5. The van der Waals surface area contributed by atoms with Crippen LogP contribution in [0.4, 0.5) is 0 Å². The molecule has 0 aromatic carbocycles. The van der Waals surface area contributed by atoms with Crippen molar-refractivity contribution in [3.8, 4) is 0 Å². The molecule has 15 heavy (non-hydrogen) atoms. The van der Waals surface area contributed by atoms with E-state index in [1.54, 1.807) is 13.0 Å². The smallest absolute Gasteiger partial charge is 0.330 e. The molecule has 82 valence electrons. The van der Waals surface area contributed by atoms with E-state index in [2.05, 4.69) is 5.32 Å². The van der Waals surface area contributed by atoms with Crippen LogP contribution in [0.5, 0.6) is 0 Å². The molecule has 0 atom stereocenters. The summed E-state index contributed by atoms with van der Waals surface area (Å²) in [5.74, 6) is 0.851. The van der Waals surface area contributed by atoms with Gasteiger partial charge >= 0.3 is 5.97 Å². The Labute approximate surface area is 88.6 Å². The molecular weight excluding hydrogens is 194 g/mol. The third-order valence-corrected chi connectivity index (χ3v) is 1.99. The van der Waals surface area contributed by atoms with Crippen LogP contribution in [0.1, 0.15) is 18.4 Å². The van der Waals surface area contributed by atoms with Crippen molar-refractivity contribution in [3.05, 3.63) is 35.3 Å². The predicted molar refractivity (Wildman–Crippen MR) is 56.5 cm³/mol. The van der Waals surface area contributed by atoms with Crippen molar-refractivity contribution >= 4 is 5.97 Å². The Morgan fingerprint density at radius 1 is 1.60 bits per heavy atom. The summed E-state index contributed by atoms with van der Waals surface area (Å²) in [6.07, 6.45) is 1.64. The fraction of sp³-hybridized carbons (Fsp3) is 0.364. The minimum absolute atomic E-state index is 0.345. The lowest BCUT2D eigenvalue weighted by atomic mass is 10.3. The molecule has 0 fully saturated rings. The summed E-state index contributed by atoms with van der Waals surface area (Å²) < 4.78 is 5.34. The van der Waals surface area contributed by atoms with Crippen molar-refractivity contribution in [2.75, 3.05) is 6.54 Å². The molecule has 0 aliphatic rings. The Kier molecular flexibility index (Phi) is 4.12. The van der Waals surface area contributed by atoms with E-state index in [4.69, 9.17) is 9.52 Å². The van der Waals surface area contributed by atoms with Crippen LogP contribution in [0, 0.1) is 6.92 Å². The van der Waals surface area contributed by atoms with E-state index in [1.807, 2.05) is 19.1 Å². The van der Waals surface area contributed by atoms with Crippen molar-refractivity contribution in [1.82, 2.24) is 5.32 Å². The Morgan fingerprint density at radius 2 is 2.33 bits per heavy atom. The van der Waals surface area contributed by atoms with Crippen LogP contribution in [-0.2, 0) is 11.3 Å². The molecule has 0 aliphatic heterocycles. The minimum Gasteiger partial charge on any atom is -0.478 e. The van der Waals surface area contributed by atoms with Crippen LogP contribution in [-0.4, -0.2) is 17.6 Å². The Hall–Kier alpha value is -1.55. The first kappa shape index (κ1) is 11.5. The molecule has 0 bridgehead atoms. The van der Waals surface area contributed by atoms with E-state index < -0.39 is 5.97 Å². The summed E-state index contributed by atoms with van der Waals surface area (Å²) >= 11 is 0. The topological polar surface area (TPSA) is 62.5 Å². The van der Waals surface area contributed by atoms with E-state index in [9.17, 15) is 4.79 Å². The van der Waals surface area contributed by atoms with Crippen LogP contribution >= 0.6 is 0 Å². The number of aryl methyl sites for hydroxylation is 1. The van der Waals surface area contributed by atoms with Crippen molar-refractivity contribution in [2.45, 2.75) is 20.4 Å². The largest absolute Gasteiger partial charge is 0.478 e. The van der Waals surface area contributed by atoms with Gasteiger partial charge in [-0.2, -0.15) is 0 Å². The zero-order chi connectivity index (χ0) is 11.3. The second-order valence-corrected chi connectivity index (χ2v) is 3.34. The first-order valence-corrected chi connectivity index (χ1v) is 4.75. The SMILES string of the molecule is C/C(=C/CNCc1ccc(C)o1)C(=O)O. The molecule has 0 saturated carbocycles. The van der Waals surface area contributed by atoms with Crippen LogP contribution in [0.3, 0.4) is 0 Å². The van der Waals surface area contributed by atoms with Gasteiger partial charge in [-0.1, -0.05) is 6.08 Å². The molecule has 0 aliphatic carbocycles. The fourth-order valence-corrected chi connectivity index (χ4v) is 1.09. The number of carboxylic acids is 1. The minimum atomic E-state index is -0.884. The number of hydrogen-bond donors (Lipinski definition) is 2. The van der Waals surface area contributed by atoms with Gasteiger partial charge in [-0.3, -0.25) is 0 Å². The summed E-state index contributed by atoms with van der Waals surface area (Å²) in [5.41, 5.74) is 0.345. The molecule has 4 nitrogen and oxygen atoms in total. The average Bonchev–Trinajstić information content (AvgIpc) is 2.58. The Balaban J connectivity index is 2.28. The highest BCUT2D eigenvalue weighted by atomic mass is 16.4. The fourth-order valence-electron chi connectivity index (χ4n) is 1.09. The highest BCUT2D eigenvalue weighted by Crippen LogP contribution is 2.05. The summed E-state index contributed by atoms with van der Waals surface area (Å²) in [7, 11) is 0. The zero-order valence-electron chi connectivity index (χ0n) is 8.91. The van der Waals surface area contributed by atoms with Gasteiger partial charge in [0.2, 0.25) is 0 Å². The van der Waals surface area contributed by atoms with Crippen molar-refractivity contribution in [3.63, 3.8) is 0 Å². The number of nitrogens with one attached hydrogen (secondary N) is 1. The first-order valence-electron chi connectivity index (χ1n) is 4.75. The molecule has 1 aromatic rings. The van der Waals surface area contributed by atoms with Crippen molar-refractivity contribution in [1.29, 1.82) is 0 Å². The molecule has 4 heteroatoms. The second kappa shape index (κ2) is 5.36. The lowest BCUT2D eigenvalue weighted by Gasteiger charge is -1.98. The molecule has 0 spiro atoms. The van der Waals surface area contributed by atoms with E-state index in [1.165, 1.54) is 0 Å². The van der Waals surface area contributed by atoms with Crippen molar-refractivity contribution in [2.24, 2.45) is 0 Å². The third-order valence-electron chi connectivity index (χ3n) is 1.99. The Bertz CT molecular complexity index is 366. The maximum Gasteiger partial charge on any atom is 0.330 e. The summed E-state index contributed by atoms with van der Waals surface area (Å²) in [6, 6.07) is 3.80. The van der Waals surface area contributed by atoms with Crippen molar-refractivity contribution < 1.29 is 14.3 Å². The lowest BCUT2D eigenvalue weighted by Crippen LogP contribution is -2.13. The van der Waals surface area contributed by atoms with E-state index >= 15 is 0 Å². The number of carbonyl (C=O) groups is 1. The number of aliphatic carboxylic acids is 1. The molecule has 1 heterocycles. The second-order valence-electron chi connectivity index (χ2n) is 3.34. The molecular formula is C11H15NO3. The number of carboxylic acid groups (broad SMARTS) is 1. The van der Waals surface area contributed by atoms with Gasteiger partial charge in [0.05, 0.1) is 6.54 Å². The van der Waals surface area contributed by atoms with E-state index in [0.717, 1.165) is 11.5 Å². The molecule has 0 unspecified atom stereocenters. The predicted octanol–water partition coefficient (Wildman–Crippen LogP) is 1.71. The summed E-state index contributed by atoms with van der Waals surface area (Å²) in [5, 5.41) is 11.7. The molecule has 0 radical (unpaired) electrons. The van der Waals surface area contributed by atoms with Gasteiger partial charge in [-0.15, -0.1) is 0 Å². The third kappa shape index (κ3) is 3.99. The van der Waals surface area contributed by atoms with Crippen LogP contribution in [0.25, 0.3) is 0 Å². The Morgan fingerprint density at radius 3 is 2.87 bits per heavy atom. The average molecular weight is 209 g/mol. The highest BCUT2D eigenvalue weighted by molar-refractivity contribution is 5.85. The zero-order valence-corrected chi connectivity index (χ0v) is 8.91. The molecule has 0 amide bonds. The van der Waals surface area contributed by atoms with Gasteiger partial charge in [-0.25, -0.2) is 4.79 Å². The standard InChI is InChI=1S/C11H15NO3/c1-8(11(13)14)5-6-12-7-10-4-3-9(2)15-10/h3-5,12H,6-7H2,1-2H3,(H,13,14)/b8-5-. The number of furan rings is 1. The highest BCUT2D eigenvalue weighted by Gasteiger charge is 1.99. The maximum absolute atomic E-state index is 10.5. The molecule has 1 aromatic heterocycles. The quantitative estimate of drug-likeness (QED) is 0.572. The molecule has 2 N–H and O–H groups in total. The van der Waals surface area contributed by atoms with E-state index in [0.29, 0.717) is 18.7 Å². The van der Waals surface area contributed by atoms with Gasteiger partial charge < -0.3 is 14.8 Å². The molecule has 1 rings (SSSR count). The van der Waals surface area contributed by atoms with Gasteiger partial charge in [0, 0.05) is 12.1 Å². The number of hydrogen-bond acceptors (Lipinski definition) is 3.